The van der Waals surface area contributed by atoms with E-state index in [1.54, 1.807) is 0 Å². The van der Waals surface area contributed by atoms with Crippen LogP contribution < -0.4 is 10.6 Å². The molecule has 0 bridgehead atoms. The number of hydrogen-bond acceptors (Lipinski definition) is 2. The predicted molar refractivity (Wildman–Crippen MR) is 102 cm³/mol. The SMILES string of the molecule is CN=C(NCCC(=O)NC1CCCC1)N1CCC(C)(C)C1.I. The Hall–Kier alpha value is -0.530. The molecule has 0 atom stereocenters. The normalized spacial score (nSPS) is 21.6. The van der Waals surface area contributed by atoms with Crippen LogP contribution in [-0.4, -0.2) is 49.5 Å². The van der Waals surface area contributed by atoms with Gasteiger partial charge in [-0.2, -0.15) is 0 Å². The molecule has 2 N–H and O–H groups in total. The fourth-order valence-electron chi connectivity index (χ4n) is 3.28. The average molecular weight is 422 g/mol. The molecule has 22 heavy (non-hydrogen) atoms. The Balaban J connectivity index is 0.00000242. The minimum atomic E-state index is 0. The first kappa shape index (κ1) is 19.5. The maximum absolute atomic E-state index is 11.9. The van der Waals surface area contributed by atoms with Crippen LogP contribution in [0.3, 0.4) is 0 Å². The van der Waals surface area contributed by atoms with Gasteiger partial charge in [-0.25, -0.2) is 0 Å². The highest BCUT2D eigenvalue weighted by atomic mass is 127. The number of nitrogens with zero attached hydrogens (tertiary/aromatic N) is 2. The largest absolute Gasteiger partial charge is 0.356 e. The third kappa shape index (κ3) is 5.93. The lowest BCUT2D eigenvalue weighted by atomic mass is 9.93. The highest BCUT2D eigenvalue weighted by molar-refractivity contribution is 14.0. The minimum Gasteiger partial charge on any atom is -0.356 e. The molecule has 5 nitrogen and oxygen atoms in total. The number of carbonyl (C=O) groups excluding carboxylic acids is 1. The molecule has 0 radical (unpaired) electrons. The minimum absolute atomic E-state index is 0. The van der Waals surface area contributed by atoms with Gasteiger partial charge in [-0.3, -0.25) is 9.79 Å². The zero-order chi connectivity index (χ0) is 15.3. The van der Waals surface area contributed by atoms with Gasteiger partial charge in [0.15, 0.2) is 5.96 Å². The van der Waals surface area contributed by atoms with Gasteiger partial charge in [0, 0.05) is 39.1 Å². The van der Waals surface area contributed by atoms with E-state index in [0.717, 1.165) is 31.9 Å². The number of aliphatic imine (C=N–C) groups is 1. The highest BCUT2D eigenvalue weighted by Gasteiger charge is 2.30. The van der Waals surface area contributed by atoms with Crippen LogP contribution in [0.15, 0.2) is 4.99 Å². The molecule has 2 fully saturated rings. The number of amides is 1. The lowest BCUT2D eigenvalue weighted by molar-refractivity contribution is -0.121. The Morgan fingerprint density at radius 2 is 2.00 bits per heavy atom. The number of likely N-dealkylation sites (tertiary alicyclic amines) is 1. The van der Waals surface area contributed by atoms with Gasteiger partial charge in [0.05, 0.1) is 0 Å². The van der Waals surface area contributed by atoms with E-state index in [4.69, 9.17) is 0 Å². The summed E-state index contributed by atoms with van der Waals surface area (Å²) in [7, 11) is 1.81. The monoisotopic (exact) mass is 422 g/mol. The molecule has 128 valence electrons. The maximum Gasteiger partial charge on any atom is 0.221 e. The molecule has 1 saturated carbocycles. The third-order valence-electron chi connectivity index (χ3n) is 4.54. The van der Waals surface area contributed by atoms with Crippen LogP contribution in [0.2, 0.25) is 0 Å². The fraction of sp³-hybridized carbons (Fsp3) is 0.875. The van der Waals surface area contributed by atoms with Crippen LogP contribution in [0.25, 0.3) is 0 Å². The summed E-state index contributed by atoms with van der Waals surface area (Å²) >= 11 is 0. The van der Waals surface area contributed by atoms with E-state index < -0.39 is 0 Å². The summed E-state index contributed by atoms with van der Waals surface area (Å²) in [4.78, 5) is 18.5. The van der Waals surface area contributed by atoms with Gasteiger partial charge in [0.2, 0.25) is 5.91 Å². The third-order valence-corrected chi connectivity index (χ3v) is 4.54. The number of hydrogen-bond donors (Lipinski definition) is 2. The Bertz CT molecular complexity index is 392. The number of guanidine groups is 1. The molecule has 0 unspecified atom stereocenters. The smallest absolute Gasteiger partial charge is 0.221 e. The van der Waals surface area contributed by atoms with E-state index in [1.165, 1.54) is 19.3 Å². The number of carbonyl (C=O) groups is 1. The van der Waals surface area contributed by atoms with Crippen molar-refractivity contribution in [1.82, 2.24) is 15.5 Å². The van der Waals surface area contributed by atoms with Crippen molar-refractivity contribution in [1.29, 1.82) is 0 Å². The summed E-state index contributed by atoms with van der Waals surface area (Å²) in [6.45, 7) is 7.30. The Labute approximate surface area is 151 Å². The first-order valence-electron chi connectivity index (χ1n) is 8.25. The van der Waals surface area contributed by atoms with Crippen molar-refractivity contribution in [3.8, 4) is 0 Å². The Morgan fingerprint density at radius 3 is 2.55 bits per heavy atom. The summed E-state index contributed by atoms with van der Waals surface area (Å²) in [5.74, 6) is 1.08. The lowest BCUT2D eigenvalue weighted by Gasteiger charge is -2.23. The molecule has 0 aromatic carbocycles. The van der Waals surface area contributed by atoms with Crippen molar-refractivity contribution in [2.45, 2.75) is 58.4 Å². The van der Waals surface area contributed by atoms with Crippen molar-refractivity contribution in [3.63, 3.8) is 0 Å². The number of nitrogens with one attached hydrogen (secondary N) is 2. The topological polar surface area (TPSA) is 56.7 Å². The van der Waals surface area contributed by atoms with Gasteiger partial charge in [-0.05, 0) is 24.7 Å². The van der Waals surface area contributed by atoms with E-state index in [2.05, 4.69) is 34.4 Å². The second kappa shape index (κ2) is 8.93. The molecule has 1 aliphatic heterocycles. The van der Waals surface area contributed by atoms with Crippen molar-refractivity contribution in [3.05, 3.63) is 0 Å². The van der Waals surface area contributed by atoms with Crippen molar-refractivity contribution in [2.24, 2.45) is 10.4 Å². The second-order valence-electron chi connectivity index (χ2n) is 7.11. The average Bonchev–Trinajstić information content (AvgIpc) is 3.04. The van der Waals surface area contributed by atoms with Crippen LogP contribution in [0.5, 0.6) is 0 Å². The molecule has 0 aromatic heterocycles. The molecule has 1 heterocycles. The highest BCUT2D eigenvalue weighted by Crippen LogP contribution is 2.28. The van der Waals surface area contributed by atoms with Gasteiger partial charge < -0.3 is 15.5 Å². The zero-order valence-corrected chi connectivity index (χ0v) is 16.5. The molecule has 1 amide bonds. The zero-order valence-electron chi connectivity index (χ0n) is 14.2. The van der Waals surface area contributed by atoms with E-state index in [0.29, 0.717) is 24.4 Å². The number of halogens is 1. The molecule has 2 rings (SSSR count). The summed E-state index contributed by atoms with van der Waals surface area (Å²) in [5.41, 5.74) is 0.359. The van der Waals surface area contributed by atoms with E-state index in [-0.39, 0.29) is 29.9 Å². The van der Waals surface area contributed by atoms with E-state index in [1.807, 2.05) is 7.05 Å². The summed E-state index contributed by atoms with van der Waals surface area (Å²) in [5, 5.41) is 6.44. The van der Waals surface area contributed by atoms with Crippen LogP contribution in [0, 0.1) is 5.41 Å². The van der Waals surface area contributed by atoms with E-state index >= 15 is 0 Å². The molecule has 1 saturated heterocycles. The van der Waals surface area contributed by atoms with Crippen LogP contribution in [-0.2, 0) is 4.79 Å². The predicted octanol–water partition coefficient (Wildman–Crippen LogP) is 2.36. The Kier molecular flexibility index (Phi) is 7.93. The molecular weight excluding hydrogens is 391 g/mol. The van der Waals surface area contributed by atoms with Gasteiger partial charge in [0.25, 0.3) is 0 Å². The van der Waals surface area contributed by atoms with Gasteiger partial charge in [0.1, 0.15) is 0 Å². The standard InChI is InChI=1S/C16H30N4O.HI/c1-16(2)9-11-20(12-16)15(17-3)18-10-8-14(21)19-13-6-4-5-7-13;/h13H,4-12H2,1-3H3,(H,17,18)(H,19,21);1H. The molecule has 0 aromatic rings. The van der Waals surface area contributed by atoms with Crippen molar-refractivity contribution < 1.29 is 4.79 Å². The lowest BCUT2D eigenvalue weighted by Crippen LogP contribution is -2.42. The van der Waals surface area contributed by atoms with E-state index in [9.17, 15) is 4.79 Å². The molecule has 2 aliphatic rings. The molecule has 0 spiro atoms. The van der Waals surface area contributed by atoms with Gasteiger partial charge >= 0.3 is 0 Å². The van der Waals surface area contributed by atoms with Crippen LogP contribution >= 0.6 is 24.0 Å². The van der Waals surface area contributed by atoms with Crippen LogP contribution in [0.1, 0.15) is 52.4 Å². The second-order valence-corrected chi connectivity index (χ2v) is 7.11. The summed E-state index contributed by atoms with van der Waals surface area (Å²) in [6, 6.07) is 0.413. The first-order chi connectivity index (χ1) is 10.00. The number of rotatable bonds is 4. The Morgan fingerprint density at radius 1 is 1.32 bits per heavy atom. The van der Waals surface area contributed by atoms with Crippen molar-refractivity contribution in [2.75, 3.05) is 26.7 Å². The fourth-order valence-corrected chi connectivity index (χ4v) is 3.28. The quantitative estimate of drug-likeness (QED) is 0.416. The maximum atomic E-state index is 11.9. The summed E-state index contributed by atoms with van der Waals surface area (Å²) in [6.07, 6.45) is 6.50. The van der Waals surface area contributed by atoms with Crippen LogP contribution in [0.4, 0.5) is 0 Å². The first-order valence-corrected chi connectivity index (χ1v) is 8.25. The van der Waals surface area contributed by atoms with Crippen molar-refractivity contribution >= 4 is 35.8 Å². The molecule has 1 aliphatic carbocycles. The molecular formula is C16H31IN4O. The molecule has 6 heteroatoms. The van der Waals surface area contributed by atoms with Gasteiger partial charge in [-0.15, -0.1) is 24.0 Å². The van der Waals surface area contributed by atoms with Gasteiger partial charge in [-0.1, -0.05) is 26.7 Å². The summed E-state index contributed by atoms with van der Waals surface area (Å²) < 4.78 is 0.